The van der Waals surface area contributed by atoms with E-state index in [4.69, 9.17) is 16.3 Å². The monoisotopic (exact) mass is 533 g/mol. The van der Waals surface area contributed by atoms with Gasteiger partial charge in [0.25, 0.3) is 5.92 Å². The van der Waals surface area contributed by atoms with Crippen molar-refractivity contribution >= 4 is 29.1 Å². The Labute approximate surface area is 219 Å². The molecule has 3 aliphatic rings. The molecular weight excluding hydrogens is 504 g/mol. The summed E-state index contributed by atoms with van der Waals surface area (Å²) in [5, 5.41) is 11.0. The zero-order valence-electron chi connectivity index (χ0n) is 20.6. The molecule has 2 fully saturated rings. The Balaban J connectivity index is 1.13. The van der Waals surface area contributed by atoms with Gasteiger partial charge in [0.1, 0.15) is 11.4 Å². The Hall–Kier alpha value is -2.78. The van der Waals surface area contributed by atoms with Crippen molar-refractivity contribution in [3.8, 4) is 5.75 Å². The summed E-state index contributed by atoms with van der Waals surface area (Å²) in [6, 6.07) is 7.75. The number of amides is 2. The number of nitrogens with zero attached hydrogens (tertiary/aromatic N) is 3. The second-order valence-corrected chi connectivity index (χ2v) is 10.7. The summed E-state index contributed by atoms with van der Waals surface area (Å²) < 4.78 is 32.8. The first kappa shape index (κ1) is 25.9. The minimum atomic E-state index is -3.03. The molecule has 2 amide bonds. The lowest BCUT2D eigenvalue weighted by Crippen LogP contribution is -2.42. The molecule has 1 saturated heterocycles. The molecule has 1 aliphatic carbocycles. The number of hydrogen-bond acceptors (Lipinski definition) is 5. The minimum Gasteiger partial charge on any atom is -0.482 e. The fourth-order valence-electron chi connectivity index (χ4n) is 5.63. The van der Waals surface area contributed by atoms with E-state index in [-0.39, 0.29) is 35.9 Å². The highest BCUT2D eigenvalue weighted by Gasteiger charge is 2.38. The molecule has 7 nitrogen and oxygen atoms in total. The minimum absolute atomic E-state index is 0.0138. The van der Waals surface area contributed by atoms with Gasteiger partial charge in [-0.15, -0.1) is 0 Å². The molecule has 1 aromatic heterocycles. The van der Waals surface area contributed by atoms with E-state index >= 15 is 0 Å². The number of aromatic nitrogens is 1. The number of Topliss-reactive ketones (excluding diaryl/α,β-unsaturated/α-hetero) is 1. The van der Waals surface area contributed by atoms with E-state index in [0.29, 0.717) is 41.5 Å². The summed E-state index contributed by atoms with van der Waals surface area (Å²) >= 11 is 6.01. The number of carbonyl (C=O) groups excluding carboxylic acids is 2. The summed E-state index contributed by atoms with van der Waals surface area (Å²) in [7, 11) is 0. The number of ether oxygens (including phenoxy) is 1. The van der Waals surface area contributed by atoms with Crippen LogP contribution in [0.4, 0.5) is 19.3 Å². The molecular formula is C27H30ClF2N3O4. The van der Waals surface area contributed by atoms with Crippen LogP contribution in [0.5, 0.6) is 5.75 Å². The van der Waals surface area contributed by atoms with Crippen LogP contribution in [0.3, 0.4) is 0 Å². The summed E-state index contributed by atoms with van der Waals surface area (Å²) in [5.74, 6) is -2.34. The van der Waals surface area contributed by atoms with Gasteiger partial charge in [0.05, 0.1) is 18.0 Å². The Morgan fingerprint density at radius 1 is 1.19 bits per heavy atom. The van der Waals surface area contributed by atoms with E-state index in [1.54, 1.807) is 23.1 Å². The molecule has 1 N–H and O–H groups in total. The molecule has 1 saturated carbocycles. The van der Waals surface area contributed by atoms with Crippen molar-refractivity contribution in [1.29, 1.82) is 0 Å². The topological polar surface area (TPSA) is 83.0 Å². The van der Waals surface area contributed by atoms with E-state index in [2.05, 4.69) is 4.98 Å². The zero-order valence-corrected chi connectivity index (χ0v) is 21.3. The molecule has 5 rings (SSSR count). The quantitative estimate of drug-likeness (QED) is 0.531. The van der Waals surface area contributed by atoms with Crippen molar-refractivity contribution in [2.45, 2.75) is 69.6 Å². The van der Waals surface area contributed by atoms with Crippen LogP contribution in [0, 0.1) is 5.92 Å². The molecule has 198 valence electrons. The van der Waals surface area contributed by atoms with Gasteiger partial charge in [0.15, 0.2) is 11.9 Å². The van der Waals surface area contributed by atoms with Crippen molar-refractivity contribution in [1.82, 2.24) is 9.88 Å². The molecule has 0 spiro atoms. The smallest absolute Gasteiger partial charge is 0.324 e. The molecule has 0 radical (unpaired) electrons. The number of halogens is 3. The first-order valence-electron chi connectivity index (χ1n) is 12.7. The highest BCUT2D eigenvalue weighted by atomic mass is 35.5. The van der Waals surface area contributed by atoms with Gasteiger partial charge in [0, 0.05) is 49.5 Å². The SMILES string of the molecule is CC(F)(F)c1ccc(N2CCN(C3CCC(CC(=O)[C@@H]4C[C@@H](O)c5cc(Cl)ccc5O4)CC3)C2=O)cn1. The van der Waals surface area contributed by atoms with E-state index in [0.717, 1.165) is 32.6 Å². The highest BCUT2D eigenvalue weighted by molar-refractivity contribution is 6.30. The van der Waals surface area contributed by atoms with Gasteiger partial charge in [-0.2, -0.15) is 8.78 Å². The van der Waals surface area contributed by atoms with Gasteiger partial charge in [-0.1, -0.05) is 11.6 Å². The average Bonchev–Trinajstić information content (AvgIpc) is 3.25. The van der Waals surface area contributed by atoms with Gasteiger partial charge < -0.3 is 14.7 Å². The molecule has 2 aromatic rings. The summed E-state index contributed by atoms with van der Waals surface area (Å²) in [5.41, 5.74) is 0.795. The number of fused-ring (bicyclic) bond motifs is 1. The maximum atomic E-state index is 13.5. The summed E-state index contributed by atoms with van der Waals surface area (Å²) in [6.45, 7) is 1.84. The third-order valence-corrected chi connectivity index (χ3v) is 7.93. The second kappa shape index (κ2) is 10.2. The molecule has 3 heterocycles. The van der Waals surface area contributed by atoms with Crippen LogP contribution in [-0.4, -0.2) is 52.0 Å². The van der Waals surface area contributed by atoms with E-state index in [1.807, 2.05) is 4.90 Å². The van der Waals surface area contributed by atoms with Crippen LogP contribution < -0.4 is 9.64 Å². The number of pyridine rings is 1. The standard InChI is InChI=1S/C27H30ClF2N3O4/c1-27(29,30)25-9-7-19(15-31-25)33-11-10-32(26(33)36)18-5-2-16(3-6-18)12-22(35)24-14-21(34)20-13-17(28)4-8-23(20)37-24/h4,7-9,13,15-16,18,21,24,34H,2-3,5-6,10-12,14H2,1H3/t16?,18?,21-,24+/m1/s1. The maximum absolute atomic E-state index is 13.5. The normalized spacial score (nSPS) is 26.1. The predicted octanol–water partition coefficient (Wildman–Crippen LogP) is 5.49. The maximum Gasteiger partial charge on any atom is 0.324 e. The largest absolute Gasteiger partial charge is 0.482 e. The first-order chi connectivity index (χ1) is 17.6. The Morgan fingerprint density at radius 3 is 2.62 bits per heavy atom. The lowest BCUT2D eigenvalue weighted by molar-refractivity contribution is -0.129. The molecule has 0 unspecified atom stereocenters. The van der Waals surface area contributed by atoms with E-state index < -0.39 is 18.1 Å². The molecule has 1 aromatic carbocycles. The Bertz CT molecular complexity index is 1170. The average molecular weight is 534 g/mol. The number of ketones is 1. The molecule has 10 heteroatoms. The number of rotatable bonds is 6. The highest BCUT2D eigenvalue weighted by Crippen LogP contribution is 2.38. The number of alkyl halides is 2. The van der Waals surface area contributed by atoms with Crippen molar-refractivity contribution in [2.75, 3.05) is 18.0 Å². The molecule has 2 aliphatic heterocycles. The Morgan fingerprint density at radius 2 is 1.95 bits per heavy atom. The Kier molecular flexibility index (Phi) is 7.11. The fraction of sp³-hybridized carbons (Fsp3) is 0.519. The number of benzene rings is 1. The van der Waals surface area contributed by atoms with Gasteiger partial charge in [-0.25, -0.2) is 4.79 Å². The molecule has 37 heavy (non-hydrogen) atoms. The van der Waals surface area contributed by atoms with Crippen molar-refractivity contribution in [3.05, 3.63) is 52.8 Å². The third-order valence-electron chi connectivity index (χ3n) is 7.69. The third kappa shape index (κ3) is 5.43. The van der Waals surface area contributed by atoms with Crippen LogP contribution >= 0.6 is 11.6 Å². The summed E-state index contributed by atoms with van der Waals surface area (Å²) in [4.78, 5) is 33.3. The van der Waals surface area contributed by atoms with Crippen LogP contribution in [0.2, 0.25) is 5.02 Å². The van der Waals surface area contributed by atoms with E-state index in [9.17, 15) is 23.5 Å². The van der Waals surface area contributed by atoms with Gasteiger partial charge in [0.2, 0.25) is 0 Å². The fourth-order valence-corrected chi connectivity index (χ4v) is 5.81. The number of urea groups is 1. The second-order valence-electron chi connectivity index (χ2n) is 10.3. The number of aliphatic hydroxyl groups excluding tert-OH is 1. The van der Waals surface area contributed by atoms with Crippen molar-refractivity contribution in [2.24, 2.45) is 5.92 Å². The van der Waals surface area contributed by atoms with E-state index in [1.165, 1.54) is 18.3 Å². The summed E-state index contributed by atoms with van der Waals surface area (Å²) in [6.07, 6.45) is 3.70. The lowest BCUT2D eigenvalue weighted by atomic mass is 9.81. The van der Waals surface area contributed by atoms with Crippen LogP contribution in [0.25, 0.3) is 0 Å². The lowest BCUT2D eigenvalue weighted by Gasteiger charge is -2.35. The van der Waals surface area contributed by atoms with Crippen LogP contribution in [-0.2, 0) is 10.7 Å². The molecule has 2 atom stereocenters. The van der Waals surface area contributed by atoms with Crippen molar-refractivity contribution in [3.63, 3.8) is 0 Å². The van der Waals surface area contributed by atoms with Crippen molar-refractivity contribution < 1.29 is 28.2 Å². The molecule has 0 bridgehead atoms. The first-order valence-corrected chi connectivity index (χ1v) is 13.1. The van der Waals surface area contributed by atoms with Crippen LogP contribution in [0.1, 0.15) is 62.8 Å². The zero-order chi connectivity index (χ0) is 26.3. The van der Waals surface area contributed by atoms with Crippen LogP contribution in [0.15, 0.2) is 36.5 Å². The number of hydrogen-bond donors (Lipinski definition) is 1. The van der Waals surface area contributed by atoms with Gasteiger partial charge in [-0.05, 0) is 61.9 Å². The van der Waals surface area contributed by atoms with Gasteiger partial charge >= 0.3 is 6.03 Å². The predicted molar refractivity (Wildman–Crippen MR) is 134 cm³/mol. The number of anilines is 1. The number of carbonyl (C=O) groups is 2. The number of aliphatic hydroxyl groups is 1. The van der Waals surface area contributed by atoms with Gasteiger partial charge in [-0.3, -0.25) is 14.7 Å².